The molecule has 1 amide bonds. The Kier molecular flexibility index (Phi) is 5.91. The van der Waals surface area contributed by atoms with Gasteiger partial charge in [-0.1, -0.05) is 19.9 Å². The summed E-state index contributed by atoms with van der Waals surface area (Å²) in [7, 11) is 1.84. The van der Waals surface area contributed by atoms with Crippen LogP contribution in [0.2, 0.25) is 0 Å². The average Bonchev–Trinajstić information content (AvgIpc) is 3.00. The van der Waals surface area contributed by atoms with Gasteiger partial charge < -0.3 is 10.2 Å². The van der Waals surface area contributed by atoms with Gasteiger partial charge in [-0.2, -0.15) is 5.10 Å². The third-order valence-electron chi connectivity index (χ3n) is 4.82. The zero-order valence-electron chi connectivity index (χ0n) is 16.0. The molecular formula is C20H29N5O. The topological polar surface area (TPSA) is 63.1 Å². The molecule has 1 aliphatic heterocycles. The van der Waals surface area contributed by atoms with Crippen molar-refractivity contribution in [3.05, 3.63) is 41.9 Å². The number of carbonyl (C=O) groups is 1. The number of nitrogens with zero attached hydrogens (tertiary/aromatic N) is 4. The van der Waals surface area contributed by atoms with Crippen molar-refractivity contribution < 1.29 is 4.79 Å². The van der Waals surface area contributed by atoms with Crippen LogP contribution < -0.4 is 10.2 Å². The monoisotopic (exact) mass is 355 g/mol. The van der Waals surface area contributed by atoms with Gasteiger partial charge in [0.15, 0.2) is 0 Å². The Labute approximate surface area is 155 Å². The van der Waals surface area contributed by atoms with Crippen LogP contribution in [-0.4, -0.2) is 40.3 Å². The lowest BCUT2D eigenvalue weighted by Gasteiger charge is -2.33. The summed E-state index contributed by atoms with van der Waals surface area (Å²) in [6.45, 7) is 6.96. The summed E-state index contributed by atoms with van der Waals surface area (Å²) in [5, 5.41) is 7.56. The number of anilines is 1. The Hall–Kier alpha value is -2.37. The summed E-state index contributed by atoms with van der Waals surface area (Å²) in [4.78, 5) is 19.3. The van der Waals surface area contributed by atoms with Crippen molar-refractivity contribution in [2.75, 3.05) is 24.5 Å². The molecule has 3 rings (SSSR count). The fourth-order valence-corrected chi connectivity index (χ4v) is 3.57. The second kappa shape index (κ2) is 8.34. The van der Waals surface area contributed by atoms with Crippen LogP contribution in [0.25, 0.3) is 0 Å². The smallest absolute Gasteiger partial charge is 0.269 e. The number of pyridine rings is 1. The molecule has 0 bridgehead atoms. The Balaban J connectivity index is 1.55. The number of aromatic nitrogens is 3. The maximum Gasteiger partial charge on any atom is 0.269 e. The first-order valence-electron chi connectivity index (χ1n) is 9.50. The minimum atomic E-state index is -0.0371. The molecule has 2 aromatic heterocycles. The van der Waals surface area contributed by atoms with Gasteiger partial charge in [-0.25, -0.2) is 4.98 Å². The van der Waals surface area contributed by atoms with Crippen LogP contribution in [0.4, 0.5) is 5.82 Å². The predicted molar refractivity (Wildman–Crippen MR) is 103 cm³/mol. The molecule has 0 spiro atoms. The molecule has 140 valence electrons. The van der Waals surface area contributed by atoms with Crippen molar-refractivity contribution in [2.45, 2.75) is 33.1 Å². The second-order valence-electron chi connectivity index (χ2n) is 7.59. The fraction of sp³-hybridized carbons (Fsp3) is 0.550. The van der Waals surface area contributed by atoms with E-state index < -0.39 is 0 Å². The zero-order valence-corrected chi connectivity index (χ0v) is 16.0. The maximum absolute atomic E-state index is 12.6. The number of amides is 1. The van der Waals surface area contributed by atoms with Crippen LogP contribution in [0.3, 0.4) is 0 Å². The van der Waals surface area contributed by atoms with Gasteiger partial charge in [0.05, 0.1) is 5.69 Å². The zero-order chi connectivity index (χ0) is 18.5. The summed E-state index contributed by atoms with van der Waals surface area (Å²) in [6, 6.07) is 7.92. The second-order valence-corrected chi connectivity index (χ2v) is 7.59. The maximum atomic E-state index is 12.6. The molecule has 0 aromatic carbocycles. The van der Waals surface area contributed by atoms with Crippen LogP contribution in [0.1, 0.15) is 42.9 Å². The quantitative estimate of drug-likeness (QED) is 0.865. The number of aryl methyl sites for hydroxylation is 1. The standard InChI is InChI=1S/C20H29N5O/c1-15(2)11-17-12-18(24(3)23-17)20(26)22-13-16-7-6-10-25(14-16)19-8-4-5-9-21-19/h4-5,8-9,12,15-16H,6-7,10-11,13-14H2,1-3H3,(H,22,26)/t16-/m0/s1. The van der Waals surface area contributed by atoms with E-state index in [0.717, 1.165) is 43.9 Å². The van der Waals surface area contributed by atoms with Crippen LogP contribution in [0.15, 0.2) is 30.5 Å². The van der Waals surface area contributed by atoms with Crippen LogP contribution in [0.5, 0.6) is 0 Å². The molecule has 6 heteroatoms. The van der Waals surface area contributed by atoms with E-state index in [2.05, 4.69) is 34.1 Å². The first-order chi connectivity index (χ1) is 12.5. The van der Waals surface area contributed by atoms with Gasteiger partial charge >= 0.3 is 0 Å². The molecule has 1 fully saturated rings. The van der Waals surface area contributed by atoms with Gasteiger partial charge in [-0.3, -0.25) is 9.48 Å². The molecule has 0 radical (unpaired) electrons. The van der Waals surface area contributed by atoms with Gasteiger partial charge in [0, 0.05) is 32.9 Å². The SMILES string of the molecule is CC(C)Cc1cc(C(=O)NC[C@@H]2CCCN(c3ccccn3)C2)n(C)n1. The highest BCUT2D eigenvalue weighted by atomic mass is 16.2. The summed E-state index contributed by atoms with van der Waals surface area (Å²) < 4.78 is 1.69. The van der Waals surface area contributed by atoms with Crippen LogP contribution in [-0.2, 0) is 13.5 Å². The summed E-state index contributed by atoms with van der Waals surface area (Å²) >= 11 is 0. The van der Waals surface area contributed by atoms with E-state index in [0.29, 0.717) is 24.1 Å². The number of piperidine rings is 1. The molecule has 6 nitrogen and oxygen atoms in total. The highest BCUT2D eigenvalue weighted by molar-refractivity contribution is 5.92. The molecule has 2 aromatic rings. The van der Waals surface area contributed by atoms with E-state index in [4.69, 9.17) is 0 Å². The van der Waals surface area contributed by atoms with E-state index in [-0.39, 0.29) is 5.91 Å². The van der Waals surface area contributed by atoms with Gasteiger partial charge in [-0.05, 0) is 49.3 Å². The van der Waals surface area contributed by atoms with Gasteiger partial charge in [0.2, 0.25) is 0 Å². The first kappa shape index (κ1) is 18.4. The highest BCUT2D eigenvalue weighted by Gasteiger charge is 2.22. The van der Waals surface area contributed by atoms with Gasteiger partial charge in [0.25, 0.3) is 5.91 Å². The number of rotatable bonds is 6. The Bertz CT molecular complexity index is 725. The summed E-state index contributed by atoms with van der Waals surface area (Å²) in [5.41, 5.74) is 1.62. The number of carbonyl (C=O) groups excluding carboxylic acids is 1. The van der Waals surface area contributed by atoms with Crippen LogP contribution in [0, 0.1) is 11.8 Å². The van der Waals surface area contributed by atoms with Gasteiger partial charge in [0.1, 0.15) is 11.5 Å². The highest BCUT2D eigenvalue weighted by Crippen LogP contribution is 2.21. The minimum absolute atomic E-state index is 0.0371. The van der Waals surface area contributed by atoms with Crippen molar-refractivity contribution in [3.8, 4) is 0 Å². The number of nitrogens with one attached hydrogen (secondary N) is 1. The Morgan fingerprint density at radius 3 is 2.96 bits per heavy atom. The first-order valence-corrected chi connectivity index (χ1v) is 9.50. The van der Waals surface area contributed by atoms with Crippen molar-refractivity contribution in [1.29, 1.82) is 0 Å². The number of hydrogen-bond acceptors (Lipinski definition) is 4. The van der Waals surface area contributed by atoms with E-state index in [1.54, 1.807) is 4.68 Å². The predicted octanol–water partition coefficient (Wildman–Crippen LogP) is 2.66. The van der Waals surface area contributed by atoms with Crippen LogP contribution >= 0.6 is 0 Å². The molecule has 0 unspecified atom stereocenters. The molecule has 1 atom stereocenters. The Morgan fingerprint density at radius 1 is 1.38 bits per heavy atom. The third kappa shape index (κ3) is 4.62. The molecule has 3 heterocycles. The van der Waals surface area contributed by atoms with Crippen molar-refractivity contribution in [2.24, 2.45) is 18.9 Å². The molecule has 0 aliphatic carbocycles. The summed E-state index contributed by atoms with van der Waals surface area (Å²) in [6.07, 6.45) is 4.98. The third-order valence-corrected chi connectivity index (χ3v) is 4.82. The lowest BCUT2D eigenvalue weighted by Crippen LogP contribution is -2.41. The van der Waals surface area contributed by atoms with Crippen molar-refractivity contribution in [3.63, 3.8) is 0 Å². The molecule has 1 saturated heterocycles. The fourth-order valence-electron chi connectivity index (χ4n) is 3.57. The van der Waals surface area contributed by atoms with Crippen molar-refractivity contribution in [1.82, 2.24) is 20.1 Å². The van der Waals surface area contributed by atoms with E-state index in [1.807, 2.05) is 37.5 Å². The summed E-state index contributed by atoms with van der Waals surface area (Å²) in [5.74, 6) is 1.96. The molecule has 0 saturated carbocycles. The average molecular weight is 355 g/mol. The lowest BCUT2D eigenvalue weighted by molar-refractivity contribution is 0.0936. The van der Waals surface area contributed by atoms with Crippen molar-refractivity contribution >= 4 is 11.7 Å². The largest absolute Gasteiger partial charge is 0.356 e. The lowest BCUT2D eigenvalue weighted by atomic mass is 9.98. The van der Waals surface area contributed by atoms with Gasteiger partial charge in [-0.15, -0.1) is 0 Å². The molecular weight excluding hydrogens is 326 g/mol. The minimum Gasteiger partial charge on any atom is -0.356 e. The van der Waals surface area contributed by atoms with E-state index >= 15 is 0 Å². The Morgan fingerprint density at radius 2 is 2.23 bits per heavy atom. The number of hydrogen-bond donors (Lipinski definition) is 1. The molecule has 26 heavy (non-hydrogen) atoms. The van der Waals surface area contributed by atoms with E-state index in [9.17, 15) is 4.79 Å². The van der Waals surface area contributed by atoms with E-state index in [1.165, 1.54) is 0 Å². The molecule has 1 N–H and O–H groups in total. The molecule has 1 aliphatic rings. The normalized spacial score (nSPS) is 17.5.